The summed E-state index contributed by atoms with van der Waals surface area (Å²) in [5.74, 6) is 0.0726. The van der Waals surface area contributed by atoms with E-state index in [9.17, 15) is 4.39 Å². The highest BCUT2D eigenvalue weighted by molar-refractivity contribution is 7.80. The molecule has 2 atom stereocenters. The second kappa shape index (κ2) is 6.30. The summed E-state index contributed by atoms with van der Waals surface area (Å²) in [7, 11) is 1.71. The van der Waals surface area contributed by atoms with Gasteiger partial charge >= 0.3 is 0 Å². The van der Waals surface area contributed by atoms with E-state index in [0.717, 1.165) is 25.7 Å². The Balaban J connectivity index is 2.03. The molecule has 5 heteroatoms. The lowest BCUT2D eigenvalue weighted by Gasteiger charge is -2.28. The van der Waals surface area contributed by atoms with Crippen LogP contribution in [0.2, 0.25) is 0 Å². The quantitative estimate of drug-likeness (QED) is 0.863. The largest absolute Gasteiger partial charge is 0.490 e. The van der Waals surface area contributed by atoms with Gasteiger partial charge in [0.1, 0.15) is 22.7 Å². The van der Waals surface area contributed by atoms with Crippen molar-refractivity contribution in [1.82, 2.24) is 0 Å². The Morgan fingerprint density at radius 3 is 2.74 bits per heavy atom. The minimum atomic E-state index is -0.441. The number of ether oxygens (including phenoxy) is 2. The Hall–Kier alpha value is -1.20. The molecule has 104 valence electrons. The van der Waals surface area contributed by atoms with Gasteiger partial charge in [-0.25, -0.2) is 4.39 Å². The number of benzene rings is 1. The molecule has 0 bridgehead atoms. The lowest BCUT2D eigenvalue weighted by molar-refractivity contribution is 0.0209. The number of halogens is 1. The fraction of sp³-hybridized carbons (Fsp3) is 0.500. The fourth-order valence-electron chi connectivity index (χ4n) is 2.38. The predicted octanol–water partition coefficient (Wildman–Crippen LogP) is 2.80. The highest BCUT2D eigenvalue weighted by atomic mass is 32.1. The third-order valence-electron chi connectivity index (χ3n) is 3.42. The van der Waals surface area contributed by atoms with Crippen molar-refractivity contribution in [2.75, 3.05) is 7.11 Å². The Kier molecular flexibility index (Phi) is 4.71. The first-order chi connectivity index (χ1) is 9.10. The minimum Gasteiger partial charge on any atom is -0.490 e. The summed E-state index contributed by atoms with van der Waals surface area (Å²) in [6.07, 6.45) is 4.25. The molecule has 1 aromatic rings. The van der Waals surface area contributed by atoms with Gasteiger partial charge in [-0.15, -0.1) is 0 Å². The first-order valence-corrected chi connectivity index (χ1v) is 6.79. The molecule has 1 aliphatic rings. The minimum absolute atomic E-state index is 0.0566. The molecule has 1 aliphatic carbocycles. The van der Waals surface area contributed by atoms with Crippen molar-refractivity contribution in [3.8, 4) is 5.75 Å². The van der Waals surface area contributed by atoms with E-state index in [0.29, 0.717) is 5.75 Å². The van der Waals surface area contributed by atoms with Crippen LogP contribution >= 0.6 is 12.2 Å². The average Bonchev–Trinajstić information content (AvgIpc) is 2.38. The Labute approximate surface area is 117 Å². The van der Waals surface area contributed by atoms with Crippen LogP contribution in [0.3, 0.4) is 0 Å². The Morgan fingerprint density at radius 1 is 1.37 bits per heavy atom. The molecule has 0 amide bonds. The molecule has 1 fully saturated rings. The highest BCUT2D eigenvalue weighted by Crippen LogP contribution is 2.26. The number of rotatable bonds is 4. The molecule has 0 saturated heterocycles. The third kappa shape index (κ3) is 3.64. The van der Waals surface area contributed by atoms with Crippen LogP contribution < -0.4 is 10.5 Å². The topological polar surface area (TPSA) is 44.5 Å². The van der Waals surface area contributed by atoms with Gasteiger partial charge in [0.25, 0.3) is 0 Å². The zero-order valence-electron chi connectivity index (χ0n) is 10.9. The first-order valence-electron chi connectivity index (χ1n) is 6.39. The molecule has 2 N–H and O–H groups in total. The van der Waals surface area contributed by atoms with Gasteiger partial charge in [-0.1, -0.05) is 12.2 Å². The van der Waals surface area contributed by atoms with E-state index in [-0.39, 0.29) is 22.8 Å². The number of thiocarbonyl (C=S) groups is 1. The predicted molar refractivity (Wildman–Crippen MR) is 76.0 cm³/mol. The third-order valence-corrected chi connectivity index (χ3v) is 3.64. The van der Waals surface area contributed by atoms with Gasteiger partial charge in [0, 0.05) is 25.2 Å². The van der Waals surface area contributed by atoms with E-state index in [1.165, 1.54) is 6.07 Å². The number of methoxy groups -OCH3 is 1. The summed E-state index contributed by atoms with van der Waals surface area (Å²) in [4.78, 5) is 0.0566. The molecule has 0 spiro atoms. The van der Waals surface area contributed by atoms with Crippen molar-refractivity contribution < 1.29 is 13.9 Å². The Morgan fingerprint density at radius 2 is 2.11 bits per heavy atom. The molecule has 0 radical (unpaired) electrons. The Bertz CT molecular complexity index is 467. The lowest BCUT2D eigenvalue weighted by Crippen LogP contribution is -2.29. The first kappa shape index (κ1) is 14.2. The molecule has 0 heterocycles. The summed E-state index contributed by atoms with van der Waals surface area (Å²) < 4.78 is 24.9. The molecule has 19 heavy (non-hydrogen) atoms. The maximum absolute atomic E-state index is 13.7. The van der Waals surface area contributed by atoms with Crippen LogP contribution in [0.15, 0.2) is 18.2 Å². The van der Waals surface area contributed by atoms with Gasteiger partial charge in [0.2, 0.25) is 0 Å². The van der Waals surface area contributed by atoms with Gasteiger partial charge < -0.3 is 15.2 Å². The van der Waals surface area contributed by atoms with Crippen molar-refractivity contribution in [2.24, 2.45) is 5.73 Å². The van der Waals surface area contributed by atoms with Crippen LogP contribution in [0.4, 0.5) is 4.39 Å². The van der Waals surface area contributed by atoms with Crippen LogP contribution in [-0.4, -0.2) is 24.3 Å². The summed E-state index contributed by atoms with van der Waals surface area (Å²) in [5, 5.41) is 0. The molecule has 1 aromatic carbocycles. The second-order valence-corrected chi connectivity index (χ2v) is 5.21. The maximum Gasteiger partial charge on any atom is 0.137 e. The molecule has 0 aromatic heterocycles. The summed E-state index contributed by atoms with van der Waals surface area (Å²) in [6, 6.07) is 4.60. The van der Waals surface area contributed by atoms with Crippen LogP contribution in [0.25, 0.3) is 0 Å². The van der Waals surface area contributed by atoms with E-state index in [4.69, 9.17) is 27.4 Å². The second-order valence-electron chi connectivity index (χ2n) is 4.77. The van der Waals surface area contributed by atoms with Gasteiger partial charge in [-0.3, -0.25) is 0 Å². The van der Waals surface area contributed by atoms with Gasteiger partial charge in [-0.2, -0.15) is 0 Å². The number of nitrogens with two attached hydrogens (primary N) is 1. The van der Waals surface area contributed by atoms with Crippen molar-refractivity contribution in [2.45, 2.75) is 37.9 Å². The summed E-state index contributed by atoms with van der Waals surface area (Å²) in [6.45, 7) is 0. The van der Waals surface area contributed by atoms with Crippen molar-refractivity contribution in [1.29, 1.82) is 0 Å². The van der Waals surface area contributed by atoms with Crippen molar-refractivity contribution >= 4 is 17.2 Å². The standard InChI is InChI=1S/C14H18FNO2S/c1-17-9-3-2-4-10(7-9)18-11-5-6-12(14(16)19)13(15)8-11/h5-6,8-10H,2-4,7H2,1H3,(H2,16,19). The van der Waals surface area contributed by atoms with Crippen molar-refractivity contribution in [3.05, 3.63) is 29.6 Å². The van der Waals surface area contributed by atoms with E-state index in [1.807, 2.05) is 0 Å². The molecule has 1 saturated carbocycles. The van der Waals surface area contributed by atoms with Gasteiger partial charge in [-0.05, 0) is 31.4 Å². The van der Waals surface area contributed by atoms with Crippen LogP contribution in [0.5, 0.6) is 5.75 Å². The summed E-state index contributed by atoms with van der Waals surface area (Å²) in [5.41, 5.74) is 5.67. The highest BCUT2D eigenvalue weighted by Gasteiger charge is 2.23. The monoisotopic (exact) mass is 283 g/mol. The van der Waals surface area contributed by atoms with Crippen LogP contribution in [-0.2, 0) is 4.74 Å². The molecular weight excluding hydrogens is 265 g/mol. The number of hydrogen-bond donors (Lipinski definition) is 1. The van der Waals surface area contributed by atoms with Crippen LogP contribution in [0, 0.1) is 5.82 Å². The van der Waals surface area contributed by atoms with E-state index < -0.39 is 5.82 Å². The zero-order valence-corrected chi connectivity index (χ0v) is 11.7. The van der Waals surface area contributed by atoms with Gasteiger partial charge in [0.15, 0.2) is 0 Å². The molecule has 2 unspecified atom stereocenters. The van der Waals surface area contributed by atoms with E-state index >= 15 is 0 Å². The average molecular weight is 283 g/mol. The van der Waals surface area contributed by atoms with Crippen LogP contribution in [0.1, 0.15) is 31.2 Å². The normalized spacial score (nSPS) is 23.1. The smallest absolute Gasteiger partial charge is 0.137 e. The molecule has 2 rings (SSSR count). The lowest BCUT2D eigenvalue weighted by atomic mass is 9.95. The maximum atomic E-state index is 13.7. The van der Waals surface area contributed by atoms with Crippen molar-refractivity contribution in [3.63, 3.8) is 0 Å². The van der Waals surface area contributed by atoms with E-state index in [1.54, 1.807) is 19.2 Å². The van der Waals surface area contributed by atoms with E-state index in [2.05, 4.69) is 0 Å². The number of hydrogen-bond acceptors (Lipinski definition) is 3. The SMILES string of the molecule is COC1CCCC(Oc2ccc(C(N)=S)c(F)c2)C1. The molecule has 0 aliphatic heterocycles. The fourth-order valence-corrected chi connectivity index (χ4v) is 2.55. The van der Waals surface area contributed by atoms with Gasteiger partial charge in [0.05, 0.1) is 6.10 Å². The summed E-state index contributed by atoms with van der Waals surface area (Å²) >= 11 is 4.77. The molecule has 3 nitrogen and oxygen atoms in total. The zero-order chi connectivity index (χ0) is 13.8. The molecular formula is C14H18FNO2S.